The zero-order chi connectivity index (χ0) is 42.7. The fourth-order valence-corrected chi connectivity index (χ4v) is 7.95. The van der Waals surface area contributed by atoms with Crippen molar-refractivity contribution in [2.24, 2.45) is 5.16 Å². The summed E-state index contributed by atoms with van der Waals surface area (Å²) < 4.78 is 5.43. The third kappa shape index (κ3) is 13.1. The standard InChI is InChI=1S/C27H27NO3S.C24H32N2O2/c1-2-3-4-11-16-25(28-31-27(30)22-12-7-5-8-13-22)26(29)21-17-19-24(20-18-21)32-23-14-9-6-10-15-23;1-5-24(25(3)4,18-20-8-6-19(2)7-9-20)23(27)21-10-12-22(13-11-21)26-14-16-28-17-15-26/h5-10,12-15,17-20H,2-4,11,16H2,1H3;6-13H,5,14-18H2,1-4H3/b28-25-;. The summed E-state index contributed by atoms with van der Waals surface area (Å²) in [7, 11) is 4.02. The SMILES string of the molecule is CCC(Cc1ccc(C)cc1)(C(=O)c1ccc(N2CCOCC2)cc1)N(C)C.CCCCCC/C(=N/OC(=O)c1ccccc1)C(=O)c1ccc(Sc2ccccc2)cc1. The molecule has 1 atom stereocenters. The number of hydrogen-bond acceptors (Lipinski definition) is 9. The van der Waals surface area contributed by atoms with Crippen LogP contribution in [0.3, 0.4) is 0 Å². The van der Waals surface area contributed by atoms with Crippen molar-refractivity contribution in [1.82, 2.24) is 4.90 Å². The lowest BCUT2D eigenvalue weighted by molar-refractivity contribution is 0.0514. The molecule has 0 radical (unpaired) electrons. The zero-order valence-corrected chi connectivity index (χ0v) is 36.6. The van der Waals surface area contributed by atoms with Gasteiger partial charge in [-0.25, -0.2) is 4.79 Å². The molecule has 0 N–H and O–H groups in total. The first-order valence-electron chi connectivity index (χ1n) is 21.0. The molecule has 0 bridgehead atoms. The highest BCUT2D eigenvalue weighted by atomic mass is 32.2. The molecule has 1 aliphatic rings. The van der Waals surface area contributed by atoms with Gasteiger partial charge in [-0.05, 0) is 125 Å². The molecule has 60 heavy (non-hydrogen) atoms. The fraction of sp³-hybridized carbons (Fsp3) is 0.333. The second kappa shape index (κ2) is 23.4. The van der Waals surface area contributed by atoms with E-state index >= 15 is 0 Å². The van der Waals surface area contributed by atoms with Crippen molar-refractivity contribution in [3.05, 3.63) is 161 Å². The molecule has 0 spiro atoms. The van der Waals surface area contributed by atoms with Gasteiger partial charge in [0.2, 0.25) is 5.78 Å². The number of oxime groups is 1. The van der Waals surface area contributed by atoms with E-state index in [2.05, 4.69) is 72.1 Å². The third-order valence-electron chi connectivity index (χ3n) is 10.9. The molecule has 9 heteroatoms. The van der Waals surface area contributed by atoms with Crippen LogP contribution in [0.1, 0.15) is 94.6 Å². The first-order valence-corrected chi connectivity index (χ1v) is 21.9. The van der Waals surface area contributed by atoms with Gasteiger partial charge in [-0.15, -0.1) is 0 Å². The summed E-state index contributed by atoms with van der Waals surface area (Å²) in [6.07, 6.45) is 5.96. The lowest BCUT2D eigenvalue weighted by Crippen LogP contribution is -2.52. The Morgan fingerprint density at radius 3 is 1.92 bits per heavy atom. The minimum atomic E-state index is -0.570. The summed E-state index contributed by atoms with van der Waals surface area (Å²) in [6, 6.07) is 42.8. The maximum atomic E-state index is 13.6. The number of likely N-dealkylation sites (N-methyl/N-ethyl adjacent to an activating group) is 1. The molecule has 0 aromatic heterocycles. The van der Waals surface area contributed by atoms with Crippen molar-refractivity contribution in [2.75, 3.05) is 45.3 Å². The van der Waals surface area contributed by atoms with Crippen LogP contribution in [0.4, 0.5) is 5.69 Å². The molecule has 1 unspecified atom stereocenters. The number of Topliss-reactive ketones (excluding diaryl/α,β-unsaturated/α-hetero) is 2. The van der Waals surface area contributed by atoms with Gasteiger partial charge in [0.15, 0.2) is 5.78 Å². The Morgan fingerprint density at radius 1 is 0.717 bits per heavy atom. The fourth-order valence-electron chi connectivity index (χ4n) is 7.11. The first kappa shape index (κ1) is 45.7. The van der Waals surface area contributed by atoms with Crippen molar-refractivity contribution >= 4 is 40.7 Å². The molecule has 314 valence electrons. The topological polar surface area (TPSA) is 88.5 Å². The van der Waals surface area contributed by atoms with E-state index in [9.17, 15) is 14.4 Å². The van der Waals surface area contributed by atoms with Crippen molar-refractivity contribution in [1.29, 1.82) is 0 Å². The first-order chi connectivity index (χ1) is 29.1. The second-order valence-electron chi connectivity index (χ2n) is 15.3. The van der Waals surface area contributed by atoms with E-state index in [0.717, 1.165) is 79.4 Å². The van der Waals surface area contributed by atoms with Crippen LogP contribution in [0.5, 0.6) is 0 Å². The number of ketones is 2. The lowest BCUT2D eigenvalue weighted by atomic mass is 9.80. The van der Waals surface area contributed by atoms with Crippen LogP contribution >= 0.6 is 11.8 Å². The lowest BCUT2D eigenvalue weighted by Gasteiger charge is -2.38. The van der Waals surface area contributed by atoms with E-state index in [-0.39, 0.29) is 17.3 Å². The molecule has 5 aromatic rings. The molecule has 1 aliphatic heterocycles. The Labute approximate surface area is 361 Å². The zero-order valence-electron chi connectivity index (χ0n) is 35.8. The monoisotopic (exact) mass is 825 g/mol. The number of nitrogens with zero attached hydrogens (tertiary/aromatic N) is 3. The summed E-state index contributed by atoms with van der Waals surface area (Å²) in [5, 5.41) is 3.98. The normalized spacial score (nSPS) is 13.8. The number of unbranched alkanes of at least 4 members (excludes halogenated alkanes) is 3. The van der Waals surface area contributed by atoms with Gasteiger partial charge in [-0.1, -0.05) is 116 Å². The number of carbonyl (C=O) groups excluding carboxylic acids is 3. The Bertz CT molecular complexity index is 2120. The van der Waals surface area contributed by atoms with Gasteiger partial charge < -0.3 is 14.5 Å². The van der Waals surface area contributed by atoms with Crippen LogP contribution < -0.4 is 4.90 Å². The van der Waals surface area contributed by atoms with Crippen molar-refractivity contribution < 1.29 is 24.0 Å². The number of carbonyl (C=O) groups is 3. The van der Waals surface area contributed by atoms with Crippen LogP contribution in [-0.2, 0) is 16.0 Å². The molecule has 5 aromatic carbocycles. The largest absolute Gasteiger partial charge is 0.378 e. The van der Waals surface area contributed by atoms with Gasteiger partial charge >= 0.3 is 5.97 Å². The van der Waals surface area contributed by atoms with E-state index in [1.165, 1.54) is 11.1 Å². The predicted octanol–water partition coefficient (Wildman–Crippen LogP) is 11.2. The molecular formula is C51H59N3O5S. The number of anilines is 1. The van der Waals surface area contributed by atoms with Gasteiger partial charge in [-0.3, -0.25) is 14.5 Å². The molecule has 0 saturated carbocycles. The van der Waals surface area contributed by atoms with Crippen LogP contribution in [0, 0.1) is 6.92 Å². The molecule has 8 nitrogen and oxygen atoms in total. The minimum Gasteiger partial charge on any atom is -0.378 e. The highest BCUT2D eigenvalue weighted by molar-refractivity contribution is 7.99. The van der Waals surface area contributed by atoms with Crippen LogP contribution in [-0.4, -0.2) is 74.1 Å². The van der Waals surface area contributed by atoms with Crippen LogP contribution in [0.2, 0.25) is 0 Å². The molecule has 0 amide bonds. The molecule has 1 saturated heterocycles. The van der Waals surface area contributed by atoms with Gasteiger partial charge in [0.25, 0.3) is 0 Å². The van der Waals surface area contributed by atoms with Gasteiger partial charge in [0.05, 0.1) is 24.3 Å². The summed E-state index contributed by atoms with van der Waals surface area (Å²) in [6.45, 7) is 9.65. The van der Waals surface area contributed by atoms with E-state index in [0.29, 0.717) is 24.0 Å². The number of aryl methyl sites for hydroxylation is 1. The average Bonchev–Trinajstić information content (AvgIpc) is 3.29. The smallest absolute Gasteiger partial charge is 0.365 e. The second-order valence-corrected chi connectivity index (χ2v) is 16.4. The Hall–Kier alpha value is -5.35. The average molecular weight is 826 g/mol. The van der Waals surface area contributed by atoms with Crippen LogP contribution in [0.25, 0.3) is 0 Å². The third-order valence-corrected chi connectivity index (χ3v) is 11.9. The summed E-state index contributed by atoms with van der Waals surface area (Å²) in [5.74, 6) is -0.591. The molecule has 1 heterocycles. The molecule has 1 fully saturated rings. The Balaban J connectivity index is 0.000000230. The summed E-state index contributed by atoms with van der Waals surface area (Å²) in [5.41, 5.74) is 5.03. The summed E-state index contributed by atoms with van der Waals surface area (Å²) in [4.78, 5) is 50.7. The van der Waals surface area contributed by atoms with E-state index in [4.69, 9.17) is 9.57 Å². The molecule has 0 aliphatic carbocycles. The van der Waals surface area contributed by atoms with Gasteiger partial charge in [-0.2, -0.15) is 0 Å². The van der Waals surface area contributed by atoms with Crippen molar-refractivity contribution in [3.63, 3.8) is 0 Å². The quantitative estimate of drug-likeness (QED) is 0.0284. The Kier molecular flexibility index (Phi) is 17.9. The number of benzene rings is 5. The maximum Gasteiger partial charge on any atom is 0.365 e. The van der Waals surface area contributed by atoms with Gasteiger partial charge in [0, 0.05) is 39.7 Å². The van der Waals surface area contributed by atoms with E-state index in [1.54, 1.807) is 48.2 Å². The highest BCUT2D eigenvalue weighted by Crippen LogP contribution is 2.30. The highest BCUT2D eigenvalue weighted by Gasteiger charge is 2.39. The maximum absolute atomic E-state index is 13.6. The number of morpholine rings is 1. The summed E-state index contributed by atoms with van der Waals surface area (Å²) >= 11 is 1.64. The molecular weight excluding hydrogens is 767 g/mol. The predicted molar refractivity (Wildman–Crippen MR) is 245 cm³/mol. The number of ether oxygens (including phenoxy) is 1. The minimum absolute atomic E-state index is 0.189. The number of hydrogen-bond donors (Lipinski definition) is 0. The van der Waals surface area contributed by atoms with E-state index < -0.39 is 11.5 Å². The van der Waals surface area contributed by atoms with Crippen LogP contribution in [0.15, 0.2) is 148 Å². The number of rotatable bonds is 18. The van der Waals surface area contributed by atoms with Crippen molar-refractivity contribution in [2.45, 2.75) is 81.0 Å². The Morgan fingerprint density at radius 2 is 1.32 bits per heavy atom. The van der Waals surface area contributed by atoms with Gasteiger partial charge in [0.1, 0.15) is 5.71 Å². The van der Waals surface area contributed by atoms with Crippen molar-refractivity contribution in [3.8, 4) is 0 Å². The molecule has 6 rings (SSSR count). The van der Waals surface area contributed by atoms with E-state index in [1.807, 2.05) is 74.8 Å².